The minimum atomic E-state index is -0.0852. The number of hydrogen-bond donors (Lipinski definition) is 0. The van der Waals surface area contributed by atoms with Crippen molar-refractivity contribution >= 4 is 5.97 Å². The monoisotopic (exact) mass is 334 g/mol. The zero-order valence-electron chi connectivity index (χ0n) is 16.0. The molecular formula is C22H38O2. The predicted octanol–water partition coefficient (Wildman–Crippen LogP) is 6.92. The molecule has 0 fully saturated rings. The fourth-order valence-electron chi connectivity index (χ4n) is 2.45. The van der Waals surface area contributed by atoms with Crippen LogP contribution < -0.4 is 0 Å². The van der Waals surface area contributed by atoms with Gasteiger partial charge in [-0.05, 0) is 44.9 Å². The Morgan fingerprint density at radius 2 is 1.21 bits per heavy atom. The van der Waals surface area contributed by atoms with E-state index in [2.05, 4.69) is 48.1 Å². The Bertz CT molecular complexity index is 353. The number of esters is 1. The lowest BCUT2D eigenvalue weighted by atomic mass is 10.1. The van der Waals surface area contributed by atoms with E-state index in [1.165, 1.54) is 58.5 Å². The summed E-state index contributed by atoms with van der Waals surface area (Å²) in [6.07, 6.45) is 28.5. The molecule has 0 radical (unpaired) electrons. The Hall–Kier alpha value is -1.31. The topological polar surface area (TPSA) is 26.3 Å². The van der Waals surface area contributed by atoms with Gasteiger partial charge in [-0.3, -0.25) is 4.79 Å². The molecule has 0 aromatic carbocycles. The maximum absolute atomic E-state index is 10.9. The van der Waals surface area contributed by atoms with Gasteiger partial charge in [0.2, 0.25) is 0 Å². The van der Waals surface area contributed by atoms with Crippen LogP contribution in [-0.2, 0) is 9.53 Å². The number of hydrogen-bond acceptors (Lipinski definition) is 2. The summed E-state index contributed by atoms with van der Waals surface area (Å²) in [5.74, 6) is -0.0852. The molecule has 24 heavy (non-hydrogen) atoms. The Balaban J connectivity index is 3.29. The van der Waals surface area contributed by atoms with E-state index < -0.39 is 0 Å². The second-order valence-corrected chi connectivity index (χ2v) is 6.26. The molecular weight excluding hydrogens is 296 g/mol. The number of carbonyl (C=O) groups is 1. The highest BCUT2D eigenvalue weighted by atomic mass is 16.5. The van der Waals surface area contributed by atoms with Crippen LogP contribution in [0.25, 0.3) is 0 Å². The average Bonchev–Trinajstić information content (AvgIpc) is 2.60. The van der Waals surface area contributed by atoms with E-state index in [0.717, 1.165) is 25.7 Å². The van der Waals surface area contributed by atoms with Crippen molar-refractivity contribution in [3.63, 3.8) is 0 Å². The summed E-state index contributed by atoms with van der Waals surface area (Å²) < 4.78 is 4.63. The van der Waals surface area contributed by atoms with E-state index in [-0.39, 0.29) is 5.97 Å². The molecule has 0 saturated carbocycles. The van der Waals surface area contributed by atoms with Crippen molar-refractivity contribution in [2.24, 2.45) is 0 Å². The SMILES string of the molecule is CCCCCC=CCC=CCC=CCCCCCCCC(=O)OC. The van der Waals surface area contributed by atoms with E-state index in [1.54, 1.807) is 0 Å². The van der Waals surface area contributed by atoms with Crippen molar-refractivity contribution in [3.8, 4) is 0 Å². The average molecular weight is 335 g/mol. The molecule has 0 aliphatic heterocycles. The Kier molecular flexibility index (Phi) is 18.7. The lowest BCUT2D eigenvalue weighted by Crippen LogP contribution is -1.98. The third-order valence-corrected chi connectivity index (χ3v) is 4.00. The summed E-state index contributed by atoms with van der Waals surface area (Å²) in [7, 11) is 1.45. The van der Waals surface area contributed by atoms with Gasteiger partial charge in [0.15, 0.2) is 0 Å². The van der Waals surface area contributed by atoms with Gasteiger partial charge in [-0.25, -0.2) is 0 Å². The van der Waals surface area contributed by atoms with Gasteiger partial charge >= 0.3 is 5.97 Å². The molecule has 0 unspecified atom stereocenters. The fraction of sp³-hybridized carbons (Fsp3) is 0.682. The van der Waals surface area contributed by atoms with Crippen molar-refractivity contribution in [1.29, 1.82) is 0 Å². The maximum Gasteiger partial charge on any atom is 0.305 e. The third-order valence-electron chi connectivity index (χ3n) is 4.00. The van der Waals surface area contributed by atoms with Crippen LogP contribution in [0.5, 0.6) is 0 Å². The van der Waals surface area contributed by atoms with Crippen molar-refractivity contribution in [3.05, 3.63) is 36.5 Å². The fourth-order valence-corrected chi connectivity index (χ4v) is 2.45. The molecule has 0 rings (SSSR count). The molecule has 0 atom stereocenters. The van der Waals surface area contributed by atoms with Crippen LogP contribution in [0.4, 0.5) is 0 Å². The van der Waals surface area contributed by atoms with Crippen LogP contribution in [0.3, 0.4) is 0 Å². The molecule has 0 aliphatic rings. The van der Waals surface area contributed by atoms with E-state index in [4.69, 9.17) is 0 Å². The van der Waals surface area contributed by atoms with Crippen LogP contribution in [0.2, 0.25) is 0 Å². The summed E-state index contributed by atoms with van der Waals surface area (Å²) in [4.78, 5) is 10.9. The molecule has 0 heterocycles. The van der Waals surface area contributed by atoms with E-state index in [9.17, 15) is 4.79 Å². The second-order valence-electron chi connectivity index (χ2n) is 6.26. The molecule has 0 saturated heterocycles. The van der Waals surface area contributed by atoms with Crippen LogP contribution in [-0.4, -0.2) is 13.1 Å². The van der Waals surface area contributed by atoms with Crippen LogP contribution >= 0.6 is 0 Å². The quantitative estimate of drug-likeness (QED) is 0.174. The summed E-state index contributed by atoms with van der Waals surface area (Å²) in [5.41, 5.74) is 0. The van der Waals surface area contributed by atoms with Gasteiger partial charge in [-0.1, -0.05) is 75.5 Å². The number of rotatable bonds is 16. The molecule has 0 spiro atoms. The van der Waals surface area contributed by atoms with Gasteiger partial charge in [0, 0.05) is 6.42 Å². The highest BCUT2D eigenvalue weighted by molar-refractivity contribution is 5.68. The molecule has 0 bridgehead atoms. The second kappa shape index (κ2) is 19.7. The van der Waals surface area contributed by atoms with Gasteiger partial charge in [0.1, 0.15) is 0 Å². The number of carbonyl (C=O) groups excluding carboxylic acids is 1. The number of ether oxygens (including phenoxy) is 1. The first-order valence-corrected chi connectivity index (χ1v) is 9.83. The first-order valence-electron chi connectivity index (χ1n) is 9.83. The van der Waals surface area contributed by atoms with Gasteiger partial charge in [-0.2, -0.15) is 0 Å². The standard InChI is InChI=1S/C22H38O2/c1-3-4-5-6-7-8-9-10-11-12-13-14-15-16-17-18-19-20-21-22(23)24-2/h7-8,10-11,13-14H,3-6,9,12,15-21H2,1-2H3. The number of methoxy groups -OCH3 is 1. The molecule has 0 aromatic heterocycles. The lowest BCUT2D eigenvalue weighted by molar-refractivity contribution is -0.140. The predicted molar refractivity (Wildman–Crippen MR) is 105 cm³/mol. The Labute approximate surface area is 150 Å². The van der Waals surface area contributed by atoms with E-state index in [1.807, 2.05) is 0 Å². The maximum atomic E-state index is 10.9. The molecule has 0 aliphatic carbocycles. The molecule has 0 N–H and O–H groups in total. The molecule has 2 heteroatoms. The minimum Gasteiger partial charge on any atom is -0.469 e. The Morgan fingerprint density at radius 1 is 0.708 bits per heavy atom. The largest absolute Gasteiger partial charge is 0.469 e. The third kappa shape index (κ3) is 18.7. The van der Waals surface area contributed by atoms with Gasteiger partial charge < -0.3 is 4.74 Å². The molecule has 0 amide bonds. The van der Waals surface area contributed by atoms with Crippen molar-refractivity contribution in [2.75, 3.05) is 7.11 Å². The summed E-state index contributed by atoms with van der Waals surface area (Å²) in [6.45, 7) is 2.24. The summed E-state index contributed by atoms with van der Waals surface area (Å²) in [5, 5.41) is 0. The number of allylic oxidation sites excluding steroid dienone is 6. The highest BCUT2D eigenvalue weighted by Crippen LogP contribution is 2.08. The Morgan fingerprint density at radius 3 is 1.79 bits per heavy atom. The molecule has 0 aromatic rings. The van der Waals surface area contributed by atoms with Gasteiger partial charge in [0.25, 0.3) is 0 Å². The van der Waals surface area contributed by atoms with Crippen molar-refractivity contribution in [2.45, 2.75) is 90.4 Å². The zero-order chi connectivity index (χ0) is 17.7. The van der Waals surface area contributed by atoms with E-state index in [0.29, 0.717) is 6.42 Å². The zero-order valence-corrected chi connectivity index (χ0v) is 16.0. The van der Waals surface area contributed by atoms with Crippen molar-refractivity contribution < 1.29 is 9.53 Å². The lowest BCUT2D eigenvalue weighted by Gasteiger charge is -1.99. The first-order chi connectivity index (χ1) is 11.8. The first kappa shape index (κ1) is 22.7. The molecule has 2 nitrogen and oxygen atoms in total. The summed E-state index contributed by atoms with van der Waals surface area (Å²) >= 11 is 0. The van der Waals surface area contributed by atoms with Crippen LogP contribution in [0.15, 0.2) is 36.5 Å². The summed E-state index contributed by atoms with van der Waals surface area (Å²) in [6, 6.07) is 0. The van der Waals surface area contributed by atoms with Gasteiger partial charge in [0.05, 0.1) is 7.11 Å². The highest BCUT2D eigenvalue weighted by Gasteiger charge is 1.98. The van der Waals surface area contributed by atoms with Gasteiger partial charge in [-0.15, -0.1) is 0 Å². The smallest absolute Gasteiger partial charge is 0.305 e. The molecule has 138 valence electrons. The van der Waals surface area contributed by atoms with E-state index >= 15 is 0 Å². The van der Waals surface area contributed by atoms with Crippen LogP contribution in [0.1, 0.15) is 90.4 Å². The number of unbranched alkanes of at least 4 members (excludes halogenated alkanes) is 8. The van der Waals surface area contributed by atoms with Crippen LogP contribution in [0, 0.1) is 0 Å². The minimum absolute atomic E-state index is 0.0852. The van der Waals surface area contributed by atoms with Crippen molar-refractivity contribution in [1.82, 2.24) is 0 Å². The normalized spacial score (nSPS) is 11.9.